The smallest absolute Gasteiger partial charge is 0.123 e. The Balaban J connectivity index is 2.05. The van der Waals surface area contributed by atoms with Crippen LogP contribution in [0.15, 0.2) is 30.3 Å². The molecular formula is C16H13Cl3FN. The normalized spacial score (nSPS) is 14.5. The van der Waals surface area contributed by atoms with Gasteiger partial charge in [-0.1, -0.05) is 40.9 Å². The largest absolute Gasteiger partial charge is 0.310 e. The van der Waals surface area contributed by atoms with Crippen molar-refractivity contribution in [2.24, 2.45) is 0 Å². The second-order valence-electron chi connectivity index (χ2n) is 5.20. The fraction of sp³-hybridized carbons (Fsp3) is 0.250. The van der Waals surface area contributed by atoms with Gasteiger partial charge >= 0.3 is 0 Å². The molecule has 2 aromatic rings. The van der Waals surface area contributed by atoms with Crippen molar-refractivity contribution in [2.75, 3.05) is 0 Å². The highest BCUT2D eigenvalue weighted by Gasteiger charge is 2.21. The van der Waals surface area contributed by atoms with E-state index < -0.39 is 0 Å². The van der Waals surface area contributed by atoms with E-state index in [-0.39, 0.29) is 5.82 Å². The minimum Gasteiger partial charge on any atom is -0.310 e. The second-order valence-corrected chi connectivity index (χ2v) is 6.45. The van der Waals surface area contributed by atoms with Crippen molar-refractivity contribution in [2.45, 2.75) is 25.4 Å². The molecule has 0 unspecified atom stereocenters. The van der Waals surface area contributed by atoms with Gasteiger partial charge in [-0.2, -0.15) is 0 Å². The van der Waals surface area contributed by atoms with Crippen molar-refractivity contribution in [3.8, 4) is 11.1 Å². The van der Waals surface area contributed by atoms with Crippen LogP contribution in [0.1, 0.15) is 18.4 Å². The average molecular weight is 345 g/mol. The Morgan fingerprint density at radius 2 is 1.71 bits per heavy atom. The van der Waals surface area contributed by atoms with Gasteiger partial charge in [0.2, 0.25) is 0 Å². The number of hydrogen-bond donors (Lipinski definition) is 1. The van der Waals surface area contributed by atoms with Crippen LogP contribution in [0.25, 0.3) is 11.1 Å². The summed E-state index contributed by atoms with van der Waals surface area (Å²) in [5.41, 5.74) is 2.29. The first-order chi connectivity index (χ1) is 10.0. The van der Waals surface area contributed by atoms with Gasteiger partial charge in [0.05, 0.1) is 10.0 Å². The zero-order chi connectivity index (χ0) is 15.0. The Labute approximate surface area is 138 Å². The third-order valence-corrected chi connectivity index (χ3v) is 4.32. The van der Waals surface area contributed by atoms with Gasteiger partial charge in [0, 0.05) is 23.2 Å². The average Bonchev–Trinajstić information content (AvgIpc) is 3.20. The molecule has 110 valence electrons. The molecule has 1 N–H and O–H groups in total. The lowest BCUT2D eigenvalue weighted by atomic mass is 9.99. The van der Waals surface area contributed by atoms with Gasteiger partial charge in [-0.3, -0.25) is 0 Å². The molecule has 0 heterocycles. The fourth-order valence-corrected chi connectivity index (χ4v) is 3.30. The van der Waals surface area contributed by atoms with Crippen LogP contribution < -0.4 is 5.32 Å². The van der Waals surface area contributed by atoms with Crippen LogP contribution in [-0.4, -0.2) is 6.04 Å². The van der Waals surface area contributed by atoms with Gasteiger partial charge in [0.15, 0.2) is 0 Å². The maximum absolute atomic E-state index is 13.7. The Morgan fingerprint density at radius 3 is 2.33 bits per heavy atom. The maximum atomic E-state index is 13.7. The van der Waals surface area contributed by atoms with Crippen molar-refractivity contribution in [1.29, 1.82) is 0 Å². The summed E-state index contributed by atoms with van der Waals surface area (Å²) in [7, 11) is 0. The molecule has 2 aromatic carbocycles. The van der Waals surface area contributed by atoms with Crippen molar-refractivity contribution in [3.63, 3.8) is 0 Å². The summed E-state index contributed by atoms with van der Waals surface area (Å²) in [5.74, 6) is -0.317. The summed E-state index contributed by atoms with van der Waals surface area (Å²) >= 11 is 18.5. The van der Waals surface area contributed by atoms with Gasteiger partial charge in [-0.25, -0.2) is 4.39 Å². The SMILES string of the molecule is Fc1ccc(CNC2CC2)c(-c2c(Cl)cc(Cl)cc2Cl)c1. The lowest BCUT2D eigenvalue weighted by Crippen LogP contribution is -2.16. The molecule has 0 saturated heterocycles. The molecule has 3 rings (SSSR count). The van der Waals surface area contributed by atoms with Crippen LogP contribution >= 0.6 is 34.8 Å². The number of halogens is 4. The monoisotopic (exact) mass is 343 g/mol. The highest BCUT2D eigenvalue weighted by Crippen LogP contribution is 2.39. The lowest BCUT2D eigenvalue weighted by Gasteiger charge is -2.14. The molecule has 5 heteroatoms. The molecule has 0 spiro atoms. The molecule has 0 aliphatic heterocycles. The Hall–Kier alpha value is -0.800. The highest BCUT2D eigenvalue weighted by atomic mass is 35.5. The molecule has 0 bridgehead atoms. The topological polar surface area (TPSA) is 12.0 Å². The van der Waals surface area contributed by atoms with Gasteiger partial charge < -0.3 is 5.32 Å². The summed E-state index contributed by atoms with van der Waals surface area (Å²) < 4.78 is 13.7. The first-order valence-electron chi connectivity index (χ1n) is 6.71. The van der Waals surface area contributed by atoms with Crippen LogP contribution in [-0.2, 0) is 6.54 Å². The van der Waals surface area contributed by atoms with Crippen molar-refractivity contribution in [3.05, 3.63) is 56.8 Å². The number of hydrogen-bond acceptors (Lipinski definition) is 1. The third kappa shape index (κ3) is 3.51. The molecule has 1 aliphatic rings. The minimum absolute atomic E-state index is 0.317. The summed E-state index contributed by atoms with van der Waals surface area (Å²) in [5, 5.41) is 4.72. The Kier molecular flexibility index (Phi) is 4.41. The molecule has 0 radical (unpaired) electrons. The van der Waals surface area contributed by atoms with Crippen molar-refractivity contribution in [1.82, 2.24) is 5.32 Å². The molecule has 0 aromatic heterocycles. The van der Waals surface area contributed by atoms with E-state index in [1.807, 2.05) is 0 Å². The predicted octanol–water partition coefficient (Wildman–Crippen LogP) is 5.70. The van der Waals surface area contributed by atoms with Gasteiger partial charge in [-0.15, -0.1) is 0 Å². The van der Waals surface area contributed by atoms with Gasteiger partial charge in [-0.05, 0) is 48.2 Å². The first kappa shape index (κ1) is 15.1. The Morgan fingerprint density at radius 1 is 1.05 bits per heavy atom. The first-order valence-corrected chi connectivity index (χ1v) is 7.84. The van der Waals surface area contributed by atoms with Crippen molar-refractivity contribution < 1.29 is 4.39 Å². The third-order valence-electron chi connectivity index (χ3n) is 3.51. The second kappa shape index (κ2) is 6.13. The van der Waals surface area contributed by atoms with Crippen LogP contribution in [0.2, 0.25) is 15.1 Å². The number of benzene rings is 2. The molecular weight excluding hydrogens is 332 g/mol. The zero-order valence-electron chi connectivity index (χ0n) is 11.1. The fourth-order valence-electron chi connectivity index (χ4n) is 2.28. The van der Waals surface area contributed by atoms with Crippen LogP contribution in [0.5, 0.6) is 0 Å². The van der Waals surface area contributed by atoms with E-state index in [4.69, 9.17) is 34.8 Å². The summed E-state index contributed by atoms with van der Waals surface area (Å²) in [6, 6.07) is 8.48. The molecule has 1 fully saturated rings. The molecule has 0 amide bonds. The van der Waals surface area contributed by atoms with E-state index in [0.29, 0.717) is 38.8 Å². The highest BCUT2D eigenvalue weighted by molar-refractivity contribution is 6.41. The van der Waals surface area contributed by atoms with Crippen LogP contribution in [0.4, 0.5) is 4.39 Å². The maximum Gasteiger partial charge on any atom is 0.123 e. The summed E-state index contributed by atoms with van der Waals surface area (Å²) in [6.07, 6.45) is 2.39. The Bertz CT molecular complexity index is 660. The van der Waals surface area contributed by atoms with E-state index in [2.05, 4.69) is 5.32 Å². The molecule has 1 saturated carbocycles. The quantitative estimate of drug-likeness (QED) is 0.749. The standard InChI is InChI=1S/C16H13Cl3FN/c17-10-5-14(18)16(15(19)6-10)13-7-11(20)2-1-9(13)8-21-12-3-4-12/h1-2,5-7,12,21H,3-4,8H2. The van der Waals surface area contributed by atoms with E-state index in [1.165, 1.54) is 25.0 Å². The molecule has 21 heavy (non-hydrogen) atoms. The summed E-state index contributed by atoms with van der Waals surface area (Å²) in [4.78, 5) is 0. The van der Waals surface area contributed by atoms with E-state index in [0.717, 1.165) is 5.56 Å². The number of nitrogens with one attached hydrogen (secondary N) is 1. The van der Waals surface area contributed by atoms with Crippen LogP contribution in [0.3, 0.4) is 0 Å². The van der Waals surface area contributed by atoms with E-state index in [9.17, 15) is 4.39 Å². The van der Waals surface area contributed by atoms with Gasteiger partial charge in [0.25, 0.3) is 0 Å². The number of rotatable bonds is 4. The zero-order valence-corrected chi connectivity index (χ0v) is 13.4. The lowest BCUT2D eigenvalue weighted by molar-refractivity contribution is 0.625. The van der Waals surface area contributed by atoms with Gasteiger partial charge in [0.1, 0.15) is 5.82 Å². The van der Waals surface area contributed by atoms with E-state index in [1.54, 1.807) is 18.2 Å². The minimum atomic E-state index is -0.317. The predicted molar refractivity (Wildman–Crippen MR) is 86.7 cm³/mol. The molecule has 1 nitrogen and oxygen atoms in total. The van der Waals surface area contributed by atoms with Crippen molar-refractivity contribution >= 4 is 34.8 Å². The van der Waals surface area contributed by atoms with E-state index >= 15 is 0 Å². The van der Waals surface area contributed by atoms with Crippen LogP contribution in [0, 0.1) is 5.82 Å². The molecule has 0 atom stereocenters. The molecule has 1 aliphatic carbocycles. The summed E-state index contributed by atoms with van der Waals surface area (Å²) in [6.45, 7) is 0.662.